The lowest BCUT2D eigenvalue weighted by molar-refractivity contribution is -0.121. The van der Waals surface area contributed by atoms with E-state index in [9.17, 15) is 14.4 Å². The van der Waals surface area contributed by atoms with Gasteiger partial charge in [-0.3, -0.25) is 35.1 Å². The molecule has 8 nitrogen and oxygen atoms in total. The van der Waals surface area contributed by atoms with E-state index >= 15 is 0 Å². The molecule has 2 aromatic rings. The van der Waals surface area contributed by atoms with Gasteiger partial charge in [0.05, 0.1) is 22.7 Å². The zero-order chi connectivity index (χ0) is 22.3. The number of hydrogen-bond donors (Lipinski definition) is 3. The maximum absolute atomic E-state index is 12.9. The van der Waals surface area contributed by atoms with Gasteiger partial charge in [0.15, 0.2) is 0 Å². The lowest BCUT2D eigenvalue weighted by Crippen LogP contribution is -2.41. The molecule has 0 unspecified atom stereocenters. The van der Waals surface area contributed by atoms with Crippen LogP contribution in [0.25, 0.3) is 5.70 Å². The average molecular weight is 419 g/mol. The van der Waals surface area contributed by atoms with Crippen molar-refractivity contribution >= 4 is 23.4 Å². The van der Waals surface area contributed by atoms with Crippen molar-refractivity contribution < 1.29 is 15.8 Å². The number of hydrogen-bond acceptors (Lipinski definition) is 6. The molecule has 0 aliphatic carbocycles. The molecule has 2 aliphatic rings. The first-order chi connectivity index (χ1) is 14.8. The highest BCUT2D eigenvalue weighted by Crippen LogP contribution is 2.31. The SMILES string of the molecule is Cc1cncc(C2=CC=C(NC(=O)[C@H](C)c3cc(C)cc4c3C(=O)N(C)C4=O)NN2)c1.[HH]. The van der Waals surface area contributed by atoms with Gasteiger partial charge in [-0.05, 0) is 61.7 Å². The van der Waals surface area contributed by atoms with Gasteiger partial charge < -0.3 is 5.32 Å². The topological polar surface area (TPSA) is 103 Å². The molecule has 31 heavy (non-hydrogen) atoms. The molecule has 3 heterocycles. The zero-order valence-electron chi connectivity index (χ0n) is 17.7. The fourth-order valence-electron chi connectivity index (χ4n) is 3.71. The summed E-state index contributed by atoms with van der Waals surface area (Å²) in [4.78, 5) is 43.1. The summed E-state index contributed by atoms with van der Waals surface area (Å²) in [6, 6.07) is 5.48. The van der Waals surface area contributed by atoms with Gasteiger partial charge in [0.2, 0.25) is 5.91 Å². The molecule has 8 heteroatoms. The van der Waals surface area contributed by atoms with Crippen molar-refractivity contribution in [3.63, 3.8) is 0 Å². The van der Waals surface area contributed by atoms with E-state index in [2.05, 4.69) is 21.2 Å². The van der Waals surface area contributed by atoms with Crippen LogP contribution < -0.4 is 16.2 Å². The molecule has 1 aromatic heterocycles. The molecule has 1 atom stereocenters. The third-order valence-corrected chi connectivity index (χ3v) is 5.42. The monoisotopic (exact) mass is 419 g/mol. The Hall–Kier alpha value is -3.94. The number of aromatic nitrogens is 1. The molecule has 3 amide bonds. The summed E-state index contributed by atoms with van der Waals surface area (Å²) < 4.78 is 0. The van der Waals surface area contributed by atoms with Crippen molar-refractivity contribution in [2.45, 2.75) is 26.7 Å². The van der Waals surface area contributed by atoms with E-state index in [4.69, 9.17) is 0 Å². The van der Waals surface area contributed by atoms with Crippen LogP contribution in [-0.4, -0.2) is 34.7 Å². The van der Waals surface area contributed by atoms with E-state index in [-0.39, 0.29) is 19.1 Å². The number of carbonyl (C=O) groups excluding carboxylic acids is 3. The van der Waals surface area contributed by atoms with Crippen LogP contribution in [0.5, 0.6) is 0 Å². The molecule has 2 aliphatic heterocycles. The predicted molar refractivity (Wildman–Crippen MR) is 118 cm³/mol. The molecule has 4 rings (SSSR count). The third kappa shape index (κ3) is 3.68. The smallest absolute Gasteiger partial charge is 0.261 e. The number of amides is 3. The van der Waals surface area contributed by atoms with Crippen LogP contribution in [0.3, 0.4) is 0 Å². The van der Waals surface area contributed by atoms with E-state index in [1.54, 1.807) is 37.5 Å². The van der Waals surface area contributed by atoms with Crippen LogP contribution in [0.2, 0.25) is 0 Å². The first-order valence-corrected chi connectivity index (χ1v) is 9.90. The molecule has 1 aromatic carbocycles. The normalized spacial score (nSPS) is 16.1. The summed E-state index contributed by atoms with van der Waals surface area (Å²) in [6.45, 7) is 5.53. The Morgan fingerprint density at radius 1 is 1.06 bits per heavy atom. The Morgan fingerprint density at radius 3 is 2.52 bits per heavy atom. The van der Waals surface area contributed by atoms with Crippen LogP contribution in [0.1, 0.15) is 57.2 Å². The molecule has 0 saturated heterocycles. The summed E-state index contributed by atoms with van der Waals surface area (Å²) in [5, 5.41) is 2.83. The lowest BCUT2D eigenvalue weighted by atomic mass is 9.90. The number of nitrogens with zero attached hydrogens (tertiary/aromatic N) is 2. The molecular formula is C23H25N5O3. The second-order valence-corrected chi connectivity index (χ2v) is 7.82. The molecular weight excluding hydrogens is 394 g/mol. The Labute approximate surface area is 181 Å². The average Bonchev–Trinajstić information content (AvgIpc) is 2.97. The number of pyridine rings is 1. The minimum absolute atomic E-state index is 0. The molecule has 0 fully saturated rings. The number of imide groups is 1. The second kappa shape index (κ2) is 7.71. The third-order valence-electron chi connectivity index (χ3n) is 5.42. The summed E-state index contributed by atoms with van der Waals surface area (Å²) in [5.41, 5.74) is 10.8. The van der Waals surface area contributed by atoms with Crippen LogP contribution in [0, 0.1) is 13.8 Å². The Balaban J connectivity index is 0.00000289. The van der Waals surface area contributed by atoms with E-state index < -0.39 is 5.92 Å². The number of benzene rings is 1. The molecule has 0 bridgehead atoms. The van der Waals surface area contributed by atoms with Crippen LogP contribution in [0.4, 0.5) is 0 Å². The first-order valence-electron chi connectivity index (χ1n) is 9.90. The van der Waals surface area contributed by atoms with Gasteiger partial charge >= 0.3 is 0 Å². The van der Waals surface area contributed by atoms with Crippen molar-refractivity contribution in [3.05, 3.63) is 81.9 Å². The number of carbonyl (C=O) groups is 3. The quantitative estimate of drug-likeness (QED) is 0.658. The summed E-state index contributed by atoms with van der Waals surface area (Å²) in [7, 11) is 1.45. The van der Waals surface area contributed by atoms with E-state index in [1.165, 1.54) is 7.05 Å². The Kier molecular flexibility index (Phi) is 5.06. The van der Waals surface area contributed by atoms with Crippen molar-refractivity contribution in [1.29, 1.82) is 0 Å². The van der Waals surface area contributed by atoms with Crippen LogP contribution in [0.15, 0.2) is 48.6 Å². The molecule has 0 spiro atoms. The number of hydrazine groups is 1. The minimum Gasteiger partial charge on any atom is -0.311 e. The lowest BCUT2D eigenvalue weighted by Gasteiger charge is -2.22. The highest BCUT2D eigenvalue weighted by Gasteiger charge is 2.37. The highest BCUT2D eigenvalue weighted by molar-refractivity contribution is 6.22. The van der Waals surface area contributed by atoms with Gasteiger partial charge in [-0.25, -0.2) is 0 Å². The van der Waals surface area contributed by atoms with Gasteiger partial charge in [0.25, 0.3) is 11.8 Å². The summed E-state index contributed by atoms with van der Waals surface area (Å²) in [5.74, 6) is -1.18. The Bertz CT molecular complexity index is 1190. The summed E-state index contributed by atoms with van der Waals surface area (Å²) >= 11 is 0. The summed E-state index contributed by atoms with van der Waals surface area (Å²) in [6.07, 6.45) is 7.12. The van der Waals surface area contributed by atoms with Crippen molar-refractivity contribution in [2.75, 3.05) is 7.05 Å². The van der Waals surface area contributed by atoms with Gasteiger partial charge in [-0.1, -0.05) is 6.07 Å². The molecule has 160 valence electrons. The van der Waals surface area contributed by atoms with E-state index in [0.717, 1.165) is 27.3 Å². The van der Waals surface area contributed by atoms with Gasteiger partial charge in [0, 0.05) is 26.4 Å². The maximum Gasteiger partial charge on any atom is 0.261 e. The van der Waals surface area contributed by atoms with Crippen LogP contribution in [-0.2, 0) is 4.79 Å². The zero-order valence-corrected chi connectivity index (χ0v) is 17.7. The predicted octanol–water partition coefficient (Wildman–Crippen LogP) is 2.38. The number of allylic oxidation sites excluding steroid dienone is 2. The number of aryl methyl sites for hydroxylation is 2. The van der Waals surface area contributed by atoms with Crippen molar-refractivity contribution in [1.82, 2.24) is 26.1 Å². The molecule has 3 N–H and O–H groups in total. The second-order valence-electron chi connectivity index (χ2n) is 7.82. The van der Waals surface area contributed by atoms with Crippen molar-refractivity contribution in [2.24, 2.45) is 0 Å². The van der Waals surface area contributed by atoms with Gasteiger partial charge in [-0.2, -0.15) is 0 Å². The standard InChI is InChI=1S/C23H23N5O3.H2/c1-12-8-16(20-17(9-12)22(30)28(4)23(20)31)14(3)21(29)25-19-6-5-18(26-27-19)15-7-13(2)10-24-11-15;/h5-11,14,26-27H,1-4H3,(H,25,29);1H/t14-;/m1./s1. The fourth-order valence-corrected chi connectivity index (χ4v) is 3.71. The number of fused-ring (bicyclic) bond motifs is 1. The van der Waals surface area contributed by atoms with E-state index in [0.29, 0.717) is 22.5 Å². The largest absolute Gasteiger partial charge is 0.311 e. The molecule has 0 radical (unpaired) electrons. The van der Waals surface area contributed by atoms with Crippen molar-refractivity contribution in [3.8, 4) is 0 Å². The van der Waals surface area contributed by atoms with E-state index in [1.807, 2.05) is 26.0 Å². The molecule has 0 saturated carbocycles. The van der Waals surface area contributed by atoms with Gasteiger partial charge in [0.1, 0.15) is 5.82 Å². The fraction of sp³-hybridized carbons (Fsp3) is 0.217. The van der Waals surface area contributed by atoms with Gasteiger partial charge in [-0.15, -0.1) is 0 Å². The maximum atomic E-state index is 12.9. The number of nitrogens with one attached hydrogen (secondary N) is 3. The first kappa shape index (κ1) is 20.3. The Morgan fingerprint density at radius 2 is 1.84 bits per heavy atom. The van der Waals surface area contributed by atoms with Crippen LogP contribution >= 0.6 is 0 Å². The number of rotatable bonds is 4. The minimum atomic E-state index is -0.633. The highest BCUT2D eigenvalue weighted by atomic mass is 16.2.